The molecular formula is C13H18N2O3S. The van der Waals surface area contributed by atoms with Crippen LogP contribution in [-0.4, -0.2) is 48.4 Å². The number of carbonyl (C=O) groups is 1. The summed E-state index contributed by atoms with van der Waals surface area (Å²) in [6.07, 6.45) is 4.37. The molecule has 1 aromatic heterocycles. The second-order valence-corrected chi connectivity index (χ2v) is 7.72. The molecule has 0 bridgehead atoms. The van der Waals surface area contributed by atoms with Crippen molar-refractivity contribution in [3.8, 4) is 0 Å². The van der Waals surface area contributed by atoms with Gasteiger partial charge in [0.2, 0.25) is 5.91 Å². The minimum Gasteiger partial charge on any atom is -0.354 e. The third-order valence-corrected chi connectivity index (χ3v) is 5.99. The molecule has 0 unspecified atom stereocenters. The second-order valence-electron chi connectivity index (χ2n) is 5.57. The number of fused-ring (bicyclic) bond motifs is 1. The van der Waals surface area contributed by atoms with Gasteiger partial charge in [-0.05, 0) is 24.0 Å². The summed E-state index contributed by atoms with van der Waals surface area (Å²) in [7, 11) is -2.84. The van der Waals surface area contributed by atoms with E-state index in [2.05, 4.69) is 0 Å². The average molecular weight is 282 g/mol. The van der Waals surface area contributed by atoms with E-state index < -0.39 is 9.84 Å². The van der Waals surface area contributed by atoms with Gasteiger partial charge in [-0.1, -0.05) is 0 Å². The molecule has 2 atom stereocenters. The number of amides is 1. The van der Waals surface area contributed by atoms with Crippen LogP contribution in [0.15, 0.2) is 24.5 Å². The van der Waals surface area contributed by atoms with Crippen molar-refractivity contribution in [1.29, 1.82) is 0 Å². The summed E-state index contributed by atoms with van der Waals surface area (Å²) in [6, 6.07) is 3.88. The van der Waals surface area contributed by atoms with E-state index in [1.165, 1.54) is 0 Å². The van der Waals surface area contributed by atoms with E-state index in [4.69, 9.17) is 0 Å². The van der Waals surface area contributed by atoms with Crippen LogP contribution in [0.5, 0.6) is 0 Å². The molecular weight excluding hydrogens is 264 g/mol. The molecule has 2 aliphatic rings. The highest BCUT2D eigenvalue weighted by atomic mass is 32.2. The Labute approximate surface area is 113 Å². The summed E-state index contributed by atoms with van der Waals surface area (Å²) in [5.41, 5.74) is 0. The first-order valence-corrected chi connectivity index (χ1v) is 8.44. The van der Waals surface area contributed by atoms with E-state index in [0.717, 1.165) is 0 Å². The predicted octanol–water partition coefficient (Wildman–Crippen LogP) is 0.381. The van der Waals surface area contributed by atoms with Gasteiger partial charge in [0, 0.05) is 38.4 Å². The van der Waals surface area contributed by atoms with E-state index >= 15 is 0 Å². The zero-order valence-corrected chi connectivity index (χ0v) is 11.6. The number of likely N-dealkylation sites (tertiary alicyclic amines) is 1. The van der Waals surface area contributed by atoms with E-state index in [1.807, 2.05) is 34.0 Å². The Morgan fingerprint density at radius 3 is 2.26 bits per heavy atom. The molecule has 1 aromatic rings. The zero-order valence-electron chi connectivity index (χ0n) is 10.7. The van der Waals surface area contributed by atoms with Gasteiger partial charge in [0.1, 0.15) is 0 Å². The van der Waals surface area contributed by atoms with Gasteiger partial charge in [-0.25, -0.2) is 8.42 Å². The predicted molar refractivity (Wildman–Crippen MR) is 71.3 cm³/mol. The number of aryl methyl sites for hydroxylation is 1. The van der Waals surface area contributed by atoms with Gasteiger partial charge in [-0.3, -0.25) is 4.79 Å². The molecule has 3 rings (SSSR count). The Morgan fingerprint density at radius 1 is 1.11 bits per heavy atom. The smallest absolute Gasteiger partial charge is 0.224 e. The lowest BCUT2D eigenvalue weighted by atomic mass is 10.0. The SMILES string of the molecule is O=C(CCn1cccc1)N1C[C@@H]2CS(=O)(=O)C[C@@H]2C1. The fourth-order valence-corrected chi connectivity index (χ4v) is 5.34. The van der Waals surface area contributed by atoms with E-state index in [-0.39, 0.29) is 29.2 Å². The third kappa shape index (κ3) is 2.68. The van der Waals surface area contributed by atoms with Gasteiger partial charge in [-0.2, -0.15) is 0 Å². The van der Waals surface area contributed by atoms with Gasteiger partial charge < -0.3 is 9.47 Å². The van der Waals surface area contributed by atoms with Gasteiger partial charge in [0.05, 0.1) is 11.5 Å². The van der Waals surface area contributed by atoms with Crippen molar-refractivity contribution in [2.45, 2.75) is 13.0 Å². The average Bonchev–Trinajstić information content (AvgIpc) is 2.99. The Bertz CT molecular complexity index is 545. The molecule has 0 spiro atoms. The molecule has 2 fully saturated rings. The molecule has 6 heteroatoms. The normalized spacial score (nSPS) is 28.5. The van der Waals surface area contributed by atoms with E-state index in [9.17, 15) is 13.2 Å². The second kappa shape index (κ2) is 4.67. The Balaban J connectivity index is 1.53. The van der Waals surface area contributed by atoms with Crippen LogP contribution in [-0.2, 0) is 21.2 Å². The summed E-state index contributed by atoms with van der Waals surface area (Å²) in [5, 5.41) is 0. The Hall–Kier alpha value is -1.30. The van der Waals surface area contributed by atoms with Crippen LogP contribution in [0.3, 0.4) is 0 Å². The Morgan fingerprint density at radius 2 is 1.68 bits per heavy atom. The maximum Gasteiger partial charge on any atom is 0.224 e. The van der Waals surface area contributed by atoms with Crippen molar-refractivity contribution in [3.05, 3.63) is 24.5 Å². The standard InChI is InChI=1S/C13H18N2O3S/c16-13(3-6-14-4-1-2-5-14)15-7-11-9-19(17,18)10-12(11)8-15/h1-2,4-5,11-12H,3,6-10H2/t11-,12+. The number of hydrogen-bond donors (Lipinski definition) is 0. The topological polar surface area (TPSA) is 59.4 Å². The van der Waals surface area contributed by atoms with Gasteiger partial charge in [0.15, 0.2) is 9.84 Å². The lowest BCUT2D eigenvalue weighted by Gasteiger charge is -2.17. The van der Waals surface area contributed by atoms with Crippen molar-refractivity contribution < 1.29 is 13.2 Å². The molecule has 2 aliphatic heterocycles. The molecule has 3 heterocycles. The first-order valence-electron chi connectivity index (χ1n) is 6.62. The number of hydrogen-bond acceptors (Lipinski definition) is 3. The Kier molecular flexibility index (Phi) is 3.12. The minimum absolute atomic E-state index is 0.139. The van der Waals surface area contributed by atoms with Gasteiger partial charge in [-0.15, -0.1) is 0 Å². The number of carbonyl (C=O) groups excluding carboxylic acids is 1. The van der Waals surface area contributed by atoms with Crippen LogP contribution in [0.1, 0.15) is 6.42 Å². The number of aromatic nitrogens is 1. The molecule has 2 saturated heterocycles. The molecule has 0 saturated carbocycles. The largest absolute Gasteiger partial charge is 0.354 e. The van der Waals surface area contributed by atoms with Crippen molar-refractivity contribution in [2.75, 3.05) is 24.6 Å². The van der Waals surface area contributed by atoms with Gasteiger partial charge in [0.25, 0.3) is 0 Å². The molecule has 5 nitrogen and oxygen atoms in total. The molecule has 0 N–H and O–H groups in total. The highest BCUT2D eigenvalue weighted by Crippen LogP contribution is 2.32. The molecule has 1 amide bonds. The third-order valence-electron chi connectivity index (χ3n) is 4.12. The summed E-state index contributed by atoms with van der Waals surface area (Å²) in [5.74, 6) is 1.000. The summed E-state index contributed by atoms with van der Waals surface area (Å²) < 4.78 is 25.0. The fourth-order valence-electron chi connectivity index (χ4n) is 3.14. The van der Waals surface area contributed by atoms with Crippen molar-refractivity contribution in [3.63, 3.8) is 0 Å². The van der Waals surface area contributed by atoms with E-state index in [1.54, 1.807) is 0 Å². The van der Waals surface area contributed by atoms with Crippen LogP contribution in [0.25, 0.3) is 0 Å². The first kappa shape index (κ1) is 12.7. The van der Waals surface area contributed by atoms with E-state index in [0.29, 0.717) is 26.1 Å². The lowest BCUT2D eigenvalue weighted by molar-refractivity contribution is -0.130. The first-order chi connectivity index (χ1) is 9.03. The minimum atomic E-state index is -2.84. The van der Waals surface area contributed by atoms with Crippen molar-refractivity contribution in [1.82, 2.24) is 9.47 Å². The molecule has 0 aromatic carbocycles. The quantitative estimate of drug-likeness (QED) is 0.805. The number of sulfone groups is 1. The van der Waals surface area contributed by atoms with Crippen LogP contribution >= 0.6 is 0 Å². The summed E-state index contributed by atoms with van der Waals surface area (Å²) in [4.78, 5) is 13.9. The summed E-state index contributed by atoms with van der Waals surface area (Å²) >= 11 is 0. The van der Waals surface area contributed by atoms with Crippen LogP contribution in [0.2, 0.25) is 0 Å². The number of rotatable bonds is 3. The van der Waals surface area contributed by atoms with Crippen LogP contribution in [0.4, 0.5) is 0 Å². The van der Waals surface area contributed by atoms with Crippen molar-refractivity contribution in [2.24, 2.45) is 11.8 Å². The zero-order chi connectivity index (χ0) is 13.5. The monoisotopic (exact) mass is 282 g/mol. The summed E-state index contributed by atoms with van der Waals surface area (Å²) in [6.45, 7) is 1.93. The van der Waals surface area contributed by atoms with Crippen LogP contribution < -0.4 is 0 Å². The number of nitrogens with zero attached hydrogens (tertiary/aromatic N) is 2. The molecule has 19 heavy (non-hydrogen) atoms. The molecule has 0 radical (unpaired) electrons. The molecule has 0 aliphatic carbocycles. The fraction of sp³-hybridized carbons (Fsp3) is 0.615. The van der Waals surface area contributed by atoms with Gasteiger partial charge >= 0.3 is 0 Å². The maximum atomic E-state index is 12.1. The maximum absolute atomic E-state index is 12.1. The lowest BCUT2D eigenvalue weighted by Crippen LogP contribution is -2.31. The van der Waals surface area contributed by atoms with Crippen molar-refractivity contribution >= 4 is 15.7 Å². The highest BCUT2D eigenvalue weighted by molar-refractivity contribution is 7.91. The molecule has 104 valence electrons. The van der Waals surface area contributed by atoms with Crippen LogP contribution in [0, 0.1) is 11.8 Å². The highest BCUT2D eigenvalue weighted by Gasteiger charge is 2.44.